The summed E-state index contributed by atoms with van der Waals surface area (Å²) in [5.41, 5.74) is 0.224. The van der Waals surface area contributed by atoms with Crippen LogP contribution < -0.4 is 4.72 Å². The second kappa shape index (κ2) is 5.54. The standard InChI is InChI=1S/C14H19NO4S/c1-14(8-2-3-9-14)15-20(18,19)12-6-4-11(5-7-12)10-13(16)17/h4-7,15H,2-3,8-10H2,1H3,(H,16,17). The van der Waals surface area contributed by atoms with Gasteiger partial charge in [-0.1, -0.05) is 25.0 Å². The summed E-state index contributed by atoms with van der Waals surface area (Å²) in [5, 5.41) is 8.69. The second-order valence-corrected chi connectivity index (χ2v) is 7.27. The van der Waals surface area contributed by atoms with Crippen LogP contribution in [-0.2, 0) is 21.2 Å². The van der Waals surface area contributed by atoms with Gasteiger partial charge in [-0.2, -0.15) is 0 Å². The first kappa shape index (κ1) is 15.0. The molecule has 5 nitrogen and oxygen atoms in total. The predicted molar refractivity (Wildman–Crippen MR) is 75.0 cm³/mol. The largest absolute Gasteiger partial charge is 0.481 e. The van der Waals surface area contributed by atoms with Gasteiger partial charge in [-0.3, -0.25) is 4.79 Å². The van der Waals surface area contributed by atoms with Gasteiger partial charge in [0, 0.05) is 5.54 Å². The molecule has 0 atom stereocenters. The van der Waals surface area contributed by atoms with Crippen molar-refractivity contribution >= 4 is 16.0 Å². The van der Waals surface area contributed by atoms with Crippen molar-refractivity contribution in [2.75, 3.05) is 0 Å². The third kappa shape index (κ3) is 3.58. The zero-order valence-electron chi connectivity index (χ0n) is 11.4. The molecule has 6 heteroatoms. The summed E-state index contributed by atoms with van der Waals surface area (Å²) in [6, 6.07) is 6.00. The first-order valence-electron chi connectivity index (χ1n) is 6.65. The minimum absolute atomic E-state index is 0.106. The van der Waals surface area contributed by atoms with Crippen LogP contribution >= 0.6 is 0 Å². The lowest BCUT2D eigenvalue weighted by Gasteiger charge is -2.24. The van der Waals surface area contributed by atoms with Gasteiger partial charge in [-0.25, -0.2) is 13.1 Å². The molecule has 20 heavy (non-hydrogen) atoms. The fraction of sp³-hybridized carbons (Fsp3) is 0.500. The van der Waals surface area contributed by atoms with E-state index in [1.165, 1.54) is 12.1 Å². The number of hydrogen-bond acceptors (Lipinski definition) is 3. The maximum atomic E-state index is 12.3. The van der Waals surface area contributed by atoms with Gasteiger partial charge in [-0.15, -0.1) is 0 Å². The highest BCUT2D eigenvalue weighted by molar-refractivity contribution is 7.89. The lowest BCUT2D eigenvalue weighted by molar-refractivity contribution is -0.136. The van der Waals surface area contributed by atoms with E-state index in [4.69, 9.17) is 5.11 Å². The van der Waals surface area contributed by atoms with Gasteiger partial charge in [-0.05, 0) is 37.5 Å². The van der Waals surface area contributed by atoms with E-state index >= 15 is 0 Å². The number of carbonyl (C=O) groups is 1. The minimum atomic E-state index is -3.54. The minimum Gasteiger partial charge on any atom is -0.481 e. The van der Waals surface area contributed by atoms with E-state index in [1.807, 2.05) is 6.92 Å². The Kier molecular flexibility index (Phi) is 4.15. The van der Waals surface area contributed by atoms with Crippen LogP contribution in [0.2, 0.25) is 0 Å². The zero-order chi connectivity index (χ0) is 14.8. The Labute approximate surface area is 119 Å². The number of benzene rings is 1. The Morgan fingerprint density at radius 1 is 1.25 bits per heavy atom. The van der Waals surface area contributed by atoms with Crippen LogP contribution in [0.4, 0.5) is 0 Å². The molecule has 2 rings (SSSR count). The SMILES string of the molecule is CC1(NS(=O)(=O)c2ccc(CC(=O)O)cc2)CCCC1. The van der Waals surface area contributed by atoms with Crippen molar-refractivity contribution in [3.63, 3.8) is 0 Å². The van der Waals surface area contributed by atoms with Crippen molar-refractivity contribution in [1.82, 2.24) is 4.72 Å². The summed E-state index contributed by atoms with van der Waals surface area (Å²) >= 11 is 0. The maximum absolute atomic E-state index is 12.3. The molecule has 1 aromatic rings. The van der Waals surface area contributed by atoms with Crippen LogP contribution in [0.3, 0.4) is 0 Å². The van der Waals surface area contributed by atoms with Gasteiger partial charge in [0.15, 0.2) is 0 Å². The van der Waals surface area contributed by atoms with Crippen LogP contribution in [0.1, 0.15) is 38.2 Å². The van der Waals surface area contributed by atoms with Gasteiger partial charge in [0.2, 0.25) is 10.0 Å². The molecule has 0 heterocycles. The summed E-state index contributed by atoms with van der Waals surface area (Å²) in [4.78, 5) is 10.8. The van der Waals surface area contributed by atoms with Gasteiger partial charge in [0.1, 0.15) is 0 Å². The van der Waals surface area contributed by atoms with Crippen LogP contribution in [0.25, 0.3) is 0 Å². The quantitative estimate of drug-likeness (QED) is 0.869. The highest BCUT2D eigenvalue weighted by atomic mass is 32.2. The Morgan fingerprint density at radius 2 is 1.80 bits per heavy atom. The molecular formula is C14H19NO4S. The molecule has 1 aliphatic carbocycles. The highest BCUT2D eigenvalue weighted by Crippen LogP contribution is 2.30. The molecule has 0 spiro atoms. The van der Waals surface area contributed by atoms with Crippen molar-refractivity contribution in [2.45, 2.75) is 49.5 Å². The molecule has 1 aromatic carbocycles. The molecule has 0 saturated heterocycles. The molecule has 0 aliphatic heterocycles. The summed E-state index contributed by atoms with van der Waals surface area (Å²) in [6.45, 7) is 1.93. The topological polar surface area (TPSA) is 83.5 Å². The predicted octanol–water partition coefficient (Wildman–Crippen LogP) is 1.92. The first-order chi connectivity index (χ1) is 9.31. The van der Waals surface area contributed by atoms with Crippen molar-refractivity contribution in [3.8, 4) is 0 Å². The molecule has 2 N–H and O–H groups in total. The fourth-order valence-corrected chi connectivity index (χ4v) is 4.07. The molecule has 0 bridgehead atoms. The van der Waals surface area contributed by atoms with E-state index in [2.05, 4.69) is 4.72 Å². The monoisotopic (exact) mass is 297 g/mol. The summed E-state index contributed by atoms with van der Waals surface area (Å²) in [5.74, 6) is -0.933. The first-order valence-corrected chi connectivity index (χ1v) is 8.14. The van der Waals surface area contributed by atoms with Crippen molar-refractivity contribution in [2.24, 2.45) is 0 Å². The molecular weight excluding hydrogens is 278 g/mol. The fourth-order valence-electron chi connectivity index (χ4n) is 2.60. The average molecular weight is 297 g/mol. The Hall–Kier alpha value is -1.40. The van der Waals surface area contributed by atoms with Crippen LogP contribution in [0, 0.1) is 0 Å². The molecule has 1 fully saturated rings. The Balaban J connectivity index is 2.15. The van der Waals surface area contributed by atoms with Crippen molar-refractivity contribution in [3.05, 3.63) is 29.8 Å². The lowest BCUT2D eigenvalue weighted by Crippen LogP contribution is -2.43. The smallest absolute Gasteiger partial charge is 0.307 e. The highest BCUT2D eigenvalue weighted by Gasteiger charge is 2.33. The van der Waals surface area contributed by atoms with E-state index in [-0.39, 0.29) is 16.9 Å². The molecule has 1 aliphatic rings. The average Bonchev–Trinajstić information content (AvgIpc) is 2.74. The molecule has 0 radical (unpaired) electrons. The number of aliphatic carboxylic acids is 1. The Morgan fingerprint density at radius 3 is 2.30 bits per heavy atom. The van der Waals surface area contributed by atoms with E-state index < -0.39 is 16.0 Å². The van der Waals surface area contributed by atoms with E-state index in [1.54, 1.807) is 12.1 Å². The number of carboxylic acid groups (broad SMARTS) is 1. The summed E-state index contributed by atoms with van der Waals surface area (Å²) < 4.78 is 27.4. The lowest BCUT2D eigenvalue weighted by atomic mass is 10.0. The number of sulfonamides is 1. The van der Waals surface area contributed by atoms with Crippen molar-refractivity contribution in [1.29, 1.82) is 0 Å². The van der Waals surface area contributed by atoms with Gasteiger partial charge in [0.05, 0.1) is 11.3 Å². The number of rotatable bonds is 5. The normalized spacial score (nSPS) is 18.1. The summed E-state index contributed by atoms with van der Waals surface area (Å²) in [7, 11) is -3.54. The van der Waals surface area contributed by atoms with Crippen molar-refractivity contribution < 1.29 is 18.3 Å². The third-order valence-electron chi connectivity index (χ3n) is 3.68. The third-order valence-corrected chi connectivity index (χ3v) is 5.33. The van der Waals surface area contributed by atoms with E-state index in [0.29, 0.717) is 5.56 Å². The molecule has 0 unspecified atom stereocenters. The second-order valence-electron chi connectivity index (χ2n) is 5.59. The maximum Gasteiger partial charge on any atom is 0.307 e. The number of hydrogen-bond donors (Lipinski definition) is 2. The Bertz CT molecular complexity index is 586. The van der Waals surface area contributed by atoms with Crippen LogP contribution in [0.15, 0.2) is 29.2 Å². The van der Waals surface area contributed by atoms with Gasteiger partial charge >= 0.3 is 5.97 Å². The van der Waals surface area contributed by atoms with Crippen LogP contribution in [0.5, 0.6) is 0 Å². The molecule has 0 amide bonds. The molecule has 0 aromatic heterocycles. The zero-order valence-corrected chi connectivity index (χ0v) is 12.2. The van der Waals surface area contributed by atoms with Gasteiger partial charge in [0.25, 0.3) is 0 Å². The van der Waals surface area contributed by atoms with Gasteiger partial charge < -0.3 is 5.11 Å². The molecule has 110 valence electrons. The van der Waals surface area contributed by atoms with E-state index in [9.17, 15) is 13.2 Å². The van der Waals surface area contributed by atoms with E-state index in [0.717, 1.165) is 25.7 Å². The number of nitrogens with one attached hydrogen (secondary N) is 1. The van der Waals surface area contributed by atoms with Crippen LogP contribution in [-0.4, -0.2) is 25.0 Å². The molecule has 1 saturated carbocycles. The number of carboxylic acids is 1. The summed E-state index contributed by atoms with van der Waals surface area (Å²) in [6.07, 6.45) is 3.67.